The molecular formula is C16H24O. The summed E-state index contributed by atoms with van der Waals surface area (Å²) >= 11 is 0. The van der Waals surface area contributed by atoms with Gasteiger partial charge in [-0.15, -0.1) is 0 Å². The molecule has 0 spiro atoms. The molecule has 17 heavy (non-hydrogen) atoms. The molecule has 1 aliphatic rings. The van der Waals surface area contributed by atoms with Crippen molar-refractivity contribution in [3.8, 4) is 0 Å². The Bertz CT molecular complexity index is 328. The van der Waals surface area contributed by atoms with Crippen LogP contribution in [0.1, 0.15) is 50.2 Å². The maximum absolute atomic E-state index is 9.93. The molecule has 0 bridgehead atoms. The van der Waals surface area contributed by atoms with Crippen molar-refractivity contribution < 1.29 is 5.11 Å². The first-order valence-corrected chi connectivity index (χ1v) is 7.05. The average Bonchev–Trinajstić information content (AvgIpc) is 2.38. The van der Waals surface area contributed by atoms with Gasteiger partial charge in [-0.05, 0) is 49.1 Å². The number of aliphatic hydroxyl groups is 1. The highest BCUT2D eigenvalue weighted by molar-refractivity contribution is 5.22. The van der Waals surface area contributed by atoms with E-state index in [-0.39, 0.29) is 6.10 Å². The van der Waals surface area contributed by atoms with Crippen LogP contribution in [0.25, 0.3) is 0 Å². The Morgan fingerprint density at radius 1 is 1.06 bits per heavy atom. The summed E-state index contributed by atoms with van der Waals surface area (Å²) in [6, 6.07) is 8.95. The van der Waals surface area contributed by atoms with Crippen molar-refractivity contribution in [2.45, 2.75) is 58.0 Å². The van der Waals surface area contributed by atoms with Crippen LogP contribution in [-0.2, 0) is 12.8 Å². The fourth-order valence-corrected chi connectivity index (χ4v) is 2.82. The molecule has 2 rings (SSSR count). The first-order chi connectivity index (χ1) is 8.29. The summed E-state index contributed by atoms with van der Waals surface area (Å²) in [5.74, 6) is 0.537. The molecule has 0 heterocycles. The standard InChI is InChI=1S/C16H24O/c1-2-13-7-9-14(10-8-13)11-12-15-5-3-4-6-16(15)17/h7-10,15-17H,2-6,11-12H2,1H3. The average molecular weight is 232 g/mol. The van der Waals surface area contributed by atoms with Gasteiger partial charge in [0.05, 0.1) is 6.10 Å². The third kappa shape index (κ3) is 3.57. The number of benzene rings is 1. The van der Waals surface area contributed by atoms with E-state index in [0.29, 0.717) is 5.92 Å². The summed E-state index contributed by atoms with van der Waals surface area (Å²) in [5, 5.41) is 9.93. The highest BCUT2D eigenvalue weighted by Gasteiger charge is 2.22. The van der Waals surface area contributed by atoms with Crippen LogP contribution in [0.2, 0.25) is 0 Å². The minimum atomic E-state index is -0.0429. The number of aryl methyl sites for hydroxylation is 2. The third-order valence-corrected chi connectivity index (χ3v) is 4.10. The topological polar surface area (TPSA) is 20.2 Å². The number of rotatable bonds is 4. The maximum atomic E-state index is 9.93. The van der Waals surface area contributed by atoms with Gasteiger partial charge in [0.25, 0.3) is 0 Å². The van der Waals surface area contributed by atoms with E-state index in [1.807, 2.05) is 0 Å². The first kappa shape index (κ1) is 12.6. The van der Waals surface area contributed by atoms with E-state index < -0.39 is 0 Å². The minimum Gasteiger partial charge on any atom is -0.393 e. The van der Waals surface area contributed by atoms with Crippen molar-refractivity contribution in [1.29, 1.82) is 0 Å². The number of aliphatic hydroxyl groups excluding tert-OH is 1. The molecule has 1 aromatic carbocycles. The molecule has 1 aromatic rings. The molecule has 0 saturated heterocycles. The van der Waals surface area contributed by atoms with E-state index in [4.69, 9.17) is 0 Å². The van der Waals surface area contributed by atoms with Crippen LogP contribution < -0.4 is 0 Å². The van der Waals surface area contributed by atoms with Crippen LogP contribution in [0.5, 0.6) is 0 Å². The van der Waals surface area contributed by atoms with Gasteiger partial charge in [0.15, 0.2) is 0 Å². The molecule has 1 heteroatoms. The maximum Gasteiger partial charge on any atom is 0.0568 e. The lowest BCUT2D eigenvalue weighted by atomic mass is 9.83. The van der Waals surface area contributed by atoms with E-state index in [0.717, 1.165) is 25.7 Å². The fourth-order valence-electron chi connectivity index (χ4n) is 2.82. The molecule has 1 nitrogen and oxygen atoms in total. The third-order valence-electron chi connectivity index (χ3n) is 4.10. The lowest BCUT2D eigenvalue weighted by Crippen LogP contribution is -2.24. The number of hydrogen-bond donors (Lipinski definition) is 1. The summed E-state index contributed by atoms with van der Waals surface area (Å²) in [5.41, 5.74) is 2.83. The van der Waals surface area contributed by atoms with E-state index >= 15 is 0 Å². The van der Waals surface area contributed by atoms with Gasteiger partial charge in [0.1, 0.15) is 0 Å². The summed E-state index contributed by atoms with van der Waals surface area (Å²) in [4.78, 5) is 0. The van der Waals surface area contributed by atoms with Gasteiger partial charge < -0.3 is 5.11 Å². The molecule has 1 aliphatic carbocycles. The summed E-state index contributed by atoms with van der Waals surface area (Å²) in [7, 11) is 0. The zero-order chi connectivity index (χ0) is 12.1. The van der Waals surface area contributed by atoms with Gasteiger partial charge in [-0.2, -0.15) is 0 Å². The van der Waals surface area contributed by atoms with Crippen molar-refractivity contribution in [1.82, 2.24) is 0 Å². The van der Waals surface area contributed by atoms with Gasteiger partial charge in [0.2, 0.25) is 0 Å². The van der Waals surface area contributed by atoms with Crippen molar-refractivity contribution in [2.75, 3.05) is 0 Å². The minimum absolute atomic E-state index is 0.0429. The Hall–Kier alpha value is -0.820. The van der Waals surface area contributed by atoms with Crippen LogP contribution in [0, 0.1) is 5.92 Å². The molecule has 1 N–H and O–H groups in total. The van der Waals surface area contributed by atoms with Gasteiger partial charge in [-0.1, -0.05) is 44.0 Å². The lowest BCUT2D eigenvalue weighted by Gasteiger charge is -2.27. The molecule has 2 unspecified atom stereocenters. The Morgan fingerprint density at radius 3 is 2.35 bits per heavy atom. The van der Waals surface area contributed by atoms with Gasteiger partial charge in [-0.25, -0.2) is 0 Å². The largest absolute Gasteiger partial charge is 0.393 e. The SMILES string of the molecule is CCc1ccc(CCC2CCCCC2O)cc1. The fraction of sp³-hybridized carbons (Fsp3) is 0.625. The Morgan fingerprint density at radius 2 is 1.71 bits per heavy atom. The predicted octanol–water partition coefficient (Wildman–Crippen LogP) is 3.73. The van der Waals surface area contributed by atoms with E-state index in [2.05, 4.69) is 31.2 Å². The van der Waals surface area contributed by atoms with Crippen molar-refractivity contribution >= 4 is 0 Å². The van der Waals surface area contributed by atoms with Crippen molar-refractivity contribution in [2.24, 2.45) is 5.92 Å². The van der Waals surface area contributed by atoms with Crippen molar-refractivity contribution in [3.63, 3.8) is 0 Å². The molecule has 0 radical (unpaired) electrons. The molecule has 1 fully saturated rings. The molecule has 0 aliphatic heterocycles. The molecule has 0 aromatic heterocycles. The highest BCUT2D eigenvalue weighted by atomic mass is 16.3. The van der Waals surface area contributed by atoms with Crippen LogP contribution in [0.15, 0.2) is 24.3 Å². The first-order valence-electron chi connectivity index (χ1n) is 7.05. The molecule has 1 saturated carbocycles. The van der Waals surface area contributed by atoms with Gasteiger partial charge in [0, 0.05) is 0 Å². The van der Waals surface area contributed by atoms with Crippen molar-refractivity contribution in [3.05, 3.63) is 35.4 Å². The second kappa shape index (κ2) is 6.20. The van der Waals surface area contributed by atoms with Crippen LogP contribution in [-0.4, -0.2) is 11.2 Å². The monoisotopic (exact) mass is 232 g/mol. The summed E-state index contributed by atoms with van der Waals surface area (Å²) in [6.07, 6.45) is 8.08. The summed E-state index contributed by atoms with van der Waals surface area (Å²) in [6.45, 7) is 2.19. The zero-order valence-electron chi connectivity index (χ0n) is 10.9. The molecule has 94 valence electrons. The quantitative estimate of drug-likeness (QED) is 0.838. The van der Waals surface area contributed by atoms with Crippen LogP contribution in [0.3, 0.4) is 0 Å². The molecule has 2 atom stereocenters. The molecule has 0 amide bonds. The second-order valence-corrected chi connectivity index (χ2v) is 5.32. The van der Waals surface area contributed by atoms with Crippen LogP contribution >= 0.6 is 0 Å². The van der Waals surface area contributed by atoms with Gasteiger partial charge in [-0.3, -0.25) is 0 Å². The smallest absolute Gasteiger partial charge is 0.0568 e. The van der Waals surface area contributed by atoms with E-state index in [9.17, 15) is 5.11 Å². The Kier molecular flexibility index (Phi) is 4.61. The van der Waals surface area contributed by atoms with E-state index in [1.54, 1.807) is 0 Å². The predicted molar refractivity (Wildman–Crippen MR) is 72.1 cm³/mol. The normalized spacial score (nSPS) is 24.8. The van der Waals surface area contributed by atoms with E-state index in [1.165, 1.54) is 30.4 Å². The zero-order valence-corrected chi connectivity index (χ0v) is 10.9. The highest BCUT2D eigenvalue weighted by Crippen LogP contribution is 2.28. The summed E-state index contributed by atoms with van der Waals surface area (Å²) < 4.78 is 0. The lowest BCUT2D eigenvalue weighted by molar-refractivity contribution is 0.0655. The Labute approximate surface area is 105 Å². The van der Waals surface area contributed by atoms with Crippen LogP contribution in [0.4, 0.5) is 0 Å². The Balaban J connectivity index is 1.84. The second-order valence-electron chi connectivity index (χ2n) is 5.32. The molecular weight excluding hydrogens is 208 g/mol. The van der Waals surface area contributed by atoms with Gasteiger partial charge >= 0.3 is 0 Å². The number of hydrogen-bond acceptors (Lipinski definition) is 1.